The van der Waals surface area contributed by atoms with Crippen molar-refractivity contribution in [2.24, 2.45) is 35.5 Å². The number of amides is 2. The van der Waals surface area contributed by atoms with E-state index in [1.807, 2.05) is 0 Å². The molecule has 2 saturated carbocycles. The standard InChI is InChI=1S/C22H17NO5/c24-20-18-11-7-8-12(14-10-13(11)14)19(18)21(25)23(20)15-4-1-2-5-16(15)28-22(26)17-6-3-9-27-17/h1-9,11-14,18-19H,10H2/t11-,12-,13-,14-,18-,19+/m1/s1. The summed E-state index contributed by atoms with van der Waals surface area (Å²) in [5.41, 5.74) is 0.319. The molecule has 6 atom stereocenters. The zero-order valence-corrected chi connectivity index (χ0v) is 14.9. The maximum Gasteiger partial charge on any atom is 0.379 e. The summed E-state index contributed by atoms with van der Waals surface area (Å²) in [7, 11) is 0. The fraction of sp³-hybridized carbons (Fsp3) is 0.318. The SMILES string of the molecule is O=C(Oc1ccccc1N1C(=O)[C@@H]2[C@@H]3C=C[C@H]([C@H]4C[C@H]34)[C@@H]2C1=O)c1ccco1. The predicted molar refractivity (Wildman–Crippen MR) is 97.3 cm³/mol. The van der Waals surface area contributed by atoms with Crippen LogP contribution in [0.5, 0.6) is 5.75 Å². The molecule has 0 unspecified atom stereocenters. The summed E-state index contributed by atoms with van der Waals surface area (Å²) in [4.78, 5) is 40.1. The minimum atomic E-state index is -0.669. The summed E-state index contributed by atoms with van der Waals surface area (Å²) >= 11 is 0. The van der Waals surface area contributed by atoms with Crippen LogP contribution in [0, 0.1) is 35.5 Å². The number of carbonyl (C=O) groups excluding carboxylic acids is 3. The van der Waals surface area contributed by atoms with Gasteiger partial charge in [-0.05, 0) is 54.4 Å². The molecule has 4 aliphatic carbocycles. The van der Waals surface area contributed by atoms with Crippen LogP contribution in [0.25, 0.3) is 0 Å². The van der Waals surface area contributed by atoms with E-state index in [-0.39, 0.29) is 47.0 Å². The largest absolute Gasteiger partial charge is 0.457 e. The van der Waals surface area contributed by atoms with Crippen LogP contribution in [-0.4, -0.2) is 17.8 Å². The number of esters is 1. The second-order valence-electron chi connectivity index (χ2n) is 8.00. The number of allylic oxidation sites excluding steroid dienone is 2. The number of benzene rings is 1. The van der Waals surface area contributed by atoms with E-state index in [4.69, 9.17) is 9.15 Å². The van der Waals surface area contributed by atoms with Gasteiger partial charge in [0.1, 0.15) is 0 Å². The van der Waals surface area contributed by atoms with Crippen molar-refractivity contribution in [3.8, 4) is 5.75 Å². The molecule has 0 spiro atoms. The Morgan fingerprint density at radius 1 is 0.964 bits per heavy atom. The summed E-state index contributed by atoms with van der Waals surface area (Å²) < 4.78 is 10.5. The second kappa shape index (κ2) is 5.44. The fourth-order valence-electron chi connectivity index (χ4n) is 5.47. The van der Waals surface area contributed by atoms with Crippen LogP contribution in [0.3, 0.4) is 0 Å². The smallest absolute Gasteiger partial charge is 0.379 e. The quantitative estimate of drug-likeness (QED) is 0.357. The van der Waals surface area contributed by atoms with Crippen LogP contribution in [0.4, 0.5) is 5.69 Å². The van der Waals surface area contributed by atoms with Crippen LogP contribution in [0.2, 0.25) is 0 Å². The van der Waals surface area contributed by atoms with E-state index in [0.717, 1.165) is 6.42 Å². The number of hydrogen-bond donors (Lipinski definition) is 0. The molecule has 1 aliphatic heterocycles. The highest BCUT2D eigenvalue weighted by Crippen LogP contribution is 2.65. The normalized spacial score (nSPS) is 34.4. The summed E-state index contributed by atoms with van der Waals surface area (Å²) in [5, 5.41) is 0. The van der Waals surface area contributed by atoms with E-state index in [9.17, 15) is 14.4 Å². The van der Waals surface area contributed by atoms with Crippen molar-refractivity contribution in [1.82, 2.24) is 0 Å². The Bertz CT molecular complexity index is 1000. The van der Waals surface area contributed by atoms with Gasteiger partial charge in [0.25, 0.3) is 0 Å². The highest BCUT2D eigenvalue weighted by atomic mass is 16.5. The van der Waals surface area contributed by atoms with E-state index in [1.54, 1.807) is 30.3 Å². The first-order chi connectivity index (χ1) is 13.6. The molecular weight excluding hydrogens is 358 g/mol. The zero-order chi connectivity index (χ0) is 19.0. The van der Waals surface area contributed by atoms with E-state index >= 15 is 0 Å². The number of hydrogen-bond acceptors (Lipinski definition) is 5. The number of nitrogens with zero attached hydrogens (tertiary/aromatic N) is 1. The highest BCUT2D eigenvalue weighted by Gasteiger charge is 2.67. The van der Waals surface area contributed by atoms with E-state index < -0.39 is 5.97 Å². The molecule has 0 radical (unpaired) electrons. The van der Waals surface area contributed by atoms with Crippen LogP contribution in [0.1, 0.15) is 17.0 Å². The van der Waals surface area contributed by atoms with Gasteiger partial charge in [-0.2, -0.15) is 0 Å². The number of furan rings is 1. The molecule has 6 heteroatoms. The van der Waals surface area contributed by atoms with Gasteiger partial charge in [-0.1, -0.05) is 24.3 Å². The average Bonchev–Trinajstić information content (AvgIpc) is 3.27. The maximum absolute atomic E-state index is 13.3. The third kappa shape index (κ3) is 2.00. The molecular formula is C22H17NO5. The average molecular weight is 375 g/mol. The van der Waals surface area contributed by atoms with Crippen molar-refractivity contribution in [3.05, 3.63) is 60.6 Å². The first-order valence-corrected chi connectivity index (χ1v) is 9.56. The van der Waals surface area contributed by atoms with Crippen LogP contribution >= 0.6 is 0 Å². The molecule has 6 nitrogen and oxygen atoms in total. The lowest BCUT2D eigenvalue weighted by atomic mass is 9.63. The molecule has 1 aromatic carbocycles. The molecule has 0 N–H and O–H groups in total. The molecule has 7 rings (SSSR count). The Kier molecular flexibility index (Phi) is 3.08. The third-order valence-electron chi connectivity index (χ3n) is 6.69. The van der Waals surface area contributed by atoms with E-state index in [1.165, 1.54) is 17.2 Å². The van der Waals surface area contributed by atoms with Gasteiger partial charge >= 0.3 is 5.97 Å². The predicted octanol–water partition coefficient (Wildman–Crippen LogP) is 3.06. The molecule has 140 valence electrons. The van der Waals surface area contributed by atoms with Gasteiger partial charge in [0.2, 0.25) is 17.6 Å². The zero-order valence-electron chi connectivity index (χ0n) is 14.9. The fourth-order valence-corrected chi connectivity index (χ4v) is 5.47. The van der Waals surface area contributed by atoms with Gasteiger partial charge in [-0.25, -0.2) is 9.69 Å². The van der Waals surface area contributed by atoms with E-state index in [2.05, 4.69) is 12.2 Å². The van der Waals surface area contributed by atoms with Crippen molar-refractivity contribution >= 4 is 23.5 Å². The monoisotopic (exact) mass is 375 g/mol. The van der Waals surface area contributed by atoms with Gasteiger partial charge in [-0.3, -0.25) is 9.59 Å². The number of carbonyl (C=O) groups is 3. The summed E-state index contributed by atoms with van der Waals surface area (Å²) in [6, 6.07) is 9.76. The van der Waals surface area contributed by atoms with Gasteiger partial charge in [0.05, 0.1) is 23.8 Å². The Morgan fingerprint density at radius 2 is 1.64 bits per heavy atom. The molecule has 2 amide bonds. The summed E-state index contributed by atoms with van der Waals surface area (Å²) in [5.74, 6) is 0.0117. The lowest BCUT2D eigenvalue weighted by Crippen LogP contribution is -2.40. The van der Waals surface area contributed by atoms with Crippen LogP contribution < -0.4 is 9.64 Å². The minimum Gasteiger partial charge on any atom is -0.457 e. The van der Waals surface area contributed by atoms with Crippen molar-refractivity contribution in [1.29, 1.82) is 0 Å². The molecule has 5 aliphatic rings. The van der Waals surface area contributed by atoms with Crippen LogP contribution in [-0.2, 0) is 9.59 Å². The highest BCUT2D eigenvalue weighted by molar-refractivity contribution is 6.23. The van der Waals surface area contributed by atoms with Gasteiger partial charge in [0.15, 0.2) is 5.75 Å². The lowest BCUT2D eigenvalue weighted by Gasteiger charge is -2.37. The first kappa shape index (κ1) is 15.9. The number of anilines is 1. The Hall–Kier alpha value is -3.15. The number of imide groups is 1. The molecule has 28 heavy (non-hydrogen) atoms. The first-order valence-electron chi connectivity index (χ1n) is 9.56. The van der Waals surface area contributed by atoms with Gasteiger partial charge in [-0.15, -0.1) is 0 Å². The van der Waals surface area contributed by atoms with E-state index in [0.29, 0.717) is 17.5 Å². The minimum absolute atomic E-state index is 0.0601. The third-order valence-corrected chi connectivity index (χ3v) is 6.69. The molecule has 1 aromatic heterocycles. The Labute approximate surface area is 160 Å². The number of rotatable bonds is 3. The topological polar surface area (TPSA) is 76.8 Å². The molecule has 1 saturated heterocycles. The van der Waals surface area contributed by atoms with Crippen molar-refractivity contribution in [2.75, 3.05) is 4.90 Å². The Balaban J connectivity index is 1.36. The van der Waals surface area contributed by atoms with Crippen molar-refractivity contribution in [2.45, 2.75) is 6.42 Å². The molecule has 3 fully saturated rings. The van der Waals surface area contributed by atoms with Gasteiger partial charge < -0.3 is 9.15 Å². The molecule has 2 aromatic rings. The summed E-state index contributed by atoms with van der Waals surface area (Å²) in [6.45, 7) is 0. The van der Waals surface area contributed by atoms with Gasteiger partial charge in [0, 0.05) is 0 Å². The van der Waals surface area contributed by atoms with Crippen LogP contribution in [0.15, 0.2) is 59.2 Å². The Morgan fingerprint density at radius 3 is 2.29 bits per heavy atom. The number of ether oxygens (including phenoxy) is 1. The lowest BCUT2D eigenvalue weighted by molar-refractivity contribution is -0.124. The van der Waals surface area contributed by atoms with Crippen molar-refractivity contribution in [3.63, 3.8) is 0 Å². The second-order valence-corrected chi connectivity index (χ2v) is 8.00. The molecule has 2 heterocycles. The molecule has 2 bridgehead atoms. The maximum atomic E-state index is 13.3. The number of para-hydroxylation sites is 2. The summed E-state index contributed by atoms with van der Waals surface area (Å²) in [6.07, 6.45) is 6.77. The van der Waals surface area contributed by atoms with Crippen molar-refractivity contribution < 1.29 is 23.5 Å².